The van der Waals surface area contributed by atoms with Crippen LogP contribution in [0.3, 0.4) is 0 Å². The second kappa shape index (κ2) is 8.71. The first-order valence-corrected chi connectivity index (χ1v) is 8.11. The maximum atomic E-state index is 11.8. The first-order chi connectivity index (χ1) is 11.5. The quantitative estimate of drug-likeness (QED) is 0.300. The molecule has 24 heavy (non-hydrogen) atoms. The Balaban J connectivity index is 1.74. The SMILES string of the molecule is CC(=O)c1ccc(OC(=O)CCCOc2ccc(Cl)cc2Cl)cc1. The van der Waals surface area contributed by atoms with Crippen LogP contribution >= 0.6 is 23.2 Å². The summed E-state index contributed by atoms with van der Waals surface area (Å²) in [7, 11) is 0. The summed E-state index contributed by atoms with van der Waals surface area (Å²) >= 11 is 11.8. The van der Waals surface area contributed by atoms with Gasteiger partial charge in [0.05, 0.1) is 11.6 Å². The van der Waals surface area contributed by atoms with E-state index in [9.17, 15) is 9.59 Å². The Morgan fingerprint density at radius 3 is 2.38 bits per heavy atom. The zero-order valence-electron chi connectivity index (χ0n) is 13.1. The molecule has 6 heteroatoms. The molecule has 0 aromatic heterocycles. The lowest BCUT2D eigenvalue weighted by molar-refractivity contribution is -0.134. The second-order valence-electron chi connectivity index (χ2n) is 5.08. The minimum Gasteiger partial charge on any atom is -0.492 e. The molecule has 0 saturated carbocycles. The summed E-state index contributed by atoms with van der Waals surface area (Å²) in [5.41, 5.74) is 0.572. The van der Waals surface area contributed by atoms with Gasteiger partial charge in [0.1, 0.15) is 11.5 Å². The molecule has 0 N–H and O–H groups in total. The largest absolute Gasteiger partial charge is 0.492 e. The second-order valence-corrected chi connectivity index (χ2v) is 5.93. The fourth-order valence-corrected chi connectivity index (χ4v) is 2.39. The molecular weight excluding hydrogens is 351 g/mol. The van der Waals surface area contributed by atoms with Crippen molar-refractivity contribution in [3.8, 4) is 11.5 Å². The molecular formula is C18H16Cl2O4. The van der Waals surface area contributed by atoms with Gasteiger partial charge in [-0.1, -0.05) is 23.2 Å². The average Bonchev–Trinajstić information content (AvgIpc) is 2.53. The molecule has 0 aliphatic carbocycles. The smallest absolute Gasteiger partial charge is 0.311 e. The number of halogens is 2. The Kier molecular flexibility index (Phi) is 6.64. The van der Waals surface area contributed by atoms with Crippen LogP contribution in [0.4, 0.5) is 0 Å². The molecule has 0 unspecified atom stereocenters. The van der Waals surface area contributed by atoms with Gasteiger partial charge in [0.25, 0.3) is 0 Å². The van der Waals surface area contributed by atoms with E-state index in [0.29, 0.717) is 40.1 Å². The molecule has 126 valence electrons. The highest BCUT2D eigenvalue weighted by molar-refractivity contribution is 6.35. The van der Waals surface area contributed by atoms with E-state index in [1.165, 1.54) is 6.92 Å². The molecule has 0 bridgehead atoms. The van der Waals surface area contributed by atoms with Crippen LogP contribution in [0.1, 0.15) is 30.1 Å². The number of carbonyl (C=O) groups is 2. The zero-order chi connectivity index (χ0) is 17.5. The summed E-state index contributed by atoms with van der Waals surface area (Å²) in [5.74, 6) is 0.531. The van der Waals surface area contributed by atoms with Crippen molar-refractivity contribution >= 4 is 35.0 Å². The van der Waals surface area contributed by atoms with Crippen molar-refractivity contribution in [2.75, 3.05) is 6.61 Å². The molecule has 0 heterocycles. The highest BCUT2D eigenvalue weighted by atomic mass is 35.5. The van der Waals surface area contributed by atoms with Crippen molar-refractivity contribution < 1.29 is 19.1 Å². The number of benzene rings is 2. The van der Waals surface area contributed by atoms with Crippen LogP contribution in [0.5, 0.6) is 11.5 Å². The van der Waals surface area contributed by atoms with Crippen LogP contribution in [-0.4, -0.2) is 18.4 Å². The number of ether oxygens (including phenoxy) is 2. The van der Waals surface area contributed by atoms with Gasteiger partial charge in [0.2, 0.25) is 0 Å². The van der Waals surface area contributed by atoms with Crippen LogP contribution in [-0.2, 0) is 4.79 Å². The molecule has 0 spiro atoms. The average molecular weight is 367 g/mol. The van der Waals surface area contributed by atoms with E-state index in [-0.39, 0.29) is 18.2 Å². The number of Topliss-reactive ketones (excluding diaryl/α,β-unsaturated/α-hetero) is 1. The maximum Gasteiger partial charge on any atom is 0.311 e. The van der Waals surface area contributed by atoms with E-state index in [4.69, 9.17) is 32.7 Å². The summed E-state index contributed by atoms with van der Waals surface area (Å²) in [6, 6.07) is 11.4. The number of hydrogen-bond donors (Lipinski definition) is 0. The van der Waals surface area contributed by atoms with Gasteiger partial charge in [0, 0.05) is 17.0 Å². The third kappa shape index (κ3) is 5.55. The van der Waals surface area contributed by atoms with Crippen LogP contribution < -0.4 is 9.47 Å². The lowest BCUT2D eigenvalue weighted by Gasteiger charge is -2.08. The Morgan fingerprint density at radius 1 is 1.04 bits per heavy atom. The molecule has 0 radical (unpaired) electrons. The summed E-state index contributed by atoms with van der Waals surface area (Å²) in [6.07, 6.45) is 0.697. The van der Waals surface area contributed by atoms with Gasteiger partial charge in [-0.05, 0) is 55.8 Å². The Bertz CT molecular complexity index is 726. The highest BCUT2D eigenvalue weighted by Crippen LogP contribution is 2.27. The summed E-state index contributed by atoms with van der Waals surface area (Å²) in [4.78, 5) is 22.9. The van der Waals surface area contributed by atoms with Crippen LogP contribution in [0, 0.1) is 0 Å². The van der Waals surface area contributed by atoms with E-state index in [0.717, 1.165) is 0 Å². The lowest BCUT2D eigenvalue weighted by atomic mass is 10.1. The van der Waals surface area contributed by atoms with E-state index >= 15 is 0 Å². The molecule has 2 rings (SSSR count). The fourth-order valence-electron chi connectivity index (χ4n) is 1.93. The molecule has 0 aliphatic heterocycles. The molecule has 2 aromatic rings. The van der Waals surface area contributed by atoms with Gasteiger partial charge < -0.3 is 9.47 Å². The van der Waals surface area contributed by atoms with Gasteiger partial charge in [-0.3, -0.25) is 9.59 Å². The van der Waals surface area contributed by atoms with Crippen molar-refractivity contribution in [3.63, 3.8) is 0 Å². The van der Waals surface area contributed by atoms with Gasteiger partial charge in [-0.25, -0.2) is 0 Å². The summed E-state index contributed by atoms with van der Waals surface area (Å²) in [5, 5.41) is 0.961. The first kappa shape index (κ1) is 18.3. The summed E-state index contributed by atoms with van der Waals surface area (Å²) < 4.78 is 10.7. The van der Waals surface area contributed by atoms with Crippen molar-refractivity contribution in [2.24, 2.45) is 0 Å². The summed E-state index contributed by atoms with van der Waals surface area (Å²) in [6.45, 7) is 1.81. The minimum atomic E-state index is -0.364. The molecule has 0 atom stereocenters. The van der Waals surface area contributed by atoms with Gasteiger partial charge in [-0.2, -0.15) is 0 Å². The van der Waals surface area contributed by atoms with Gasteiger partial charge >= 0.3 is 5.97 Å². The molecule has 4 nitrogen and oxygen atoms in total. The number of ketones is 1. The van der Waals surface area contributed by atoms with Crippen molar-refractivity contribution in [1.82, 2.24) is 0 Å². The minimum absolute atomic E-state index is 0.0362. The predicted octanol–water partition coefficient (Wildman–Crippen LogP) is 4.96. The molecule has 0 saturated heterocycles. The number of hydrogen-bond acceptors (Lipinski definition) is 4. The van der Waals surface area contributed by atoms with Crippen molar-refractivity contribution in [2.45, 2.75) is 19.8 Å². The number of carbonyl (C=O) groups excluding carboxylic acids is 2. The highest BCUT2D eigenvalue weighted by Gasteiger charge is 2.07. The van der Waals surface area contributed by atoms with Crippen LogP contribution in [0.15, 0.2) is 42.5 Å². The van der Waals surface area contributed by atoms with Crippen LogP contribution in [0.2, 0.25) is 10.0 Å². The van der Waals surface area contributed by atoms with Crippen molar-refractivity contribution in [3.05, 3.63) is 58.1 Å². The van der Waals surface area contributed by atoms with E-state index in [1.54, 1.807) is 42.5 Å². The molecule has 0 fully saturated rings. The topological polar surface area (TPSA) is 52.6 Å². The normalized spacial score (nSPS) is 10.3. The van der Waals surface area contributed by atoms with Crippen LogP contribution in [0.25, 0.3) is 0 Å². The Labute approximate surface area is 150 Å². The third-order valence-corrected chi connectivity index (χ3v) is 3.70. The van der Waals surface area contributed by atoms with Crippen molar-refractivity contribution in [1.29, 1.82) is 0 Å². The lowest BCUT2D eigenvalue weighted by Crippen LogP contribution is -2.10. The number of rotatable bonds is 7. The van der Waals surface area contributed by atoms with E-state index in [2.05, 4.69) is 0 Å². The van der Waals surface area contributed by atoms with Gasteiger partial charge in [-0.15, -0.1) is 0 Å². The molecule has 2 aromatic carbocycles. The standard InChI is InChI=1S/C18H16Cl2O4/c1-12(21)13-4-7-15(8-5-13)24-18(22)3-2-10-23-17-9-6-14(19)11-16(17)20/h4-9,11H,2-3,10H2,1H3. The van der Waals surface area contributed by atoms with E-state index < -0.39 is 0 Å². The van der Waals surface area contributed by atoms with E-state index in [1.807, 2.05) is 0 Å². The maximum absolute atomic E-state index is 11.8. The fraction of sp³-hybridized carbons (Fsp3) is 0.222. The zero-order valence-corrected chi connectivity index (χ0v) is 14.6. The first-order valence-electron chi connectivity index (χ1n) is 7.35. The molecule has 0 aliphatic rings. The molecule has 0 amide bonds. The Morgan fingerprint density at radius 2 is 1.75 bits per heavy atom. The van der Waals surface area contributed by atoms with Gasteiger partial charge in [0.15, 0.2) is 5.78 Å². The predicted molar refractivity (Wildman–Crippen MR) is 93.3 cm³/mol. The number of esters is 1. The Hall–Kier alpha value is -2.04. The monoisotopic (exact) mass is 366 g/mol. The third-order valence-electron chi connectivity index (χ3n) is 3.17.